The molecule has 0 aromatic heterocycles. The van der Waals surface area contributed by atoms with Crippen molar-refractivity contribution >= 4 is 23.3 Å². The van der Waals surface area contributed by atoms with Crippen molar-refractivity contribution in [3.63, 3.8) is 0 Å². The van der Waals surface area contributed by atoms with E-state index in [0.29, 0.717) is 5.88 Å². The van der Waals surface area contributed by atoms with Crippen molar-refractivity contribution in [2.24, 2.45) is 0 Å². The minimum Gasteiger partial charge on any atom is -0.463 e. The van der Waals surface area contributed by atoms with Gasteiger partial charge in [0.25, 0.3) is 0 Å². The zero-order chi connectivity index (χ0) is 14.3. The Labute approximate surface area is 120 Å². The standard InChI is InChI=1S/C15H22ClNO2/c1-4-12-7-6-8-13(5-2)14(12)17-11(3)15(18)19-10-9-16/h6-8,11,17H,4-5,9-10H2,1-3H3/t11-/m0/s1. The highest BCUT2D eigenvalue weighted by Crippen LogP contribution is 2.23. The summed E-state index contributed by atoms with van der Waals surface area (Å²) in [6.45, 7) is 6.28. The third-order valence-electron chi connectivity index (χ3n) is 3.03. The largest absolute Gasteiger partial charge is 0.463 e. The van der Waals surface area contributed by atoms with Gasteiger partial charge in [0.1, 0.15) is 12.6 Å². The molecule has 0 fully saturated rings. The van der Waals surface area contributed by atoms with Crippen molar-refractivity contribution in [1.29, 1.82) is 0 Å². The van der Waals surface area contributed by atoms with Crippen LogP contribution in [0.1, 0.15) is 31.9 Å². The van der Waals surface area contributed by atoms with E-state index < -0.39 is 0 Å². The molecular weight excluding hydrogens is 262 g/mol. The van der Waals surface area contributed by atoms with E-state index in [0.717, 1.165) is 18.5 Å². The van der Waals surface area contributed by atoms with Crippen molar-refractivity contribution in [2.45, 2.75) is 39.7 Å². The van der Waals surface area contributed by atoms with Gasteiger partial charge in [0, 0.05) is 5.69 Å². The zero-order valence-electron chi connectivity index (χ0n) is 11.8. The highest BCUT2D eigenvalue weighted by atomic mass is 35.5. The van der Waals surface area contributed by atoms with E-state index in [1.54, 1.807) is 0 Å². The Morgan fingerprint density at radius 3 is 2.37 bits per heavy atom. The molecule has 0 aliphatic heterocycles. The van der Waals surface area contributed by atoms with Gasteiger partial charge in [0.2, 0.25) is 0 Å². The number of para-hydroxylation sites is 1. The van der Waals surface area contributed by atoms with Crippen LogP contribution < -0.4 is 5.32 Å². The fourth-order valence-electron chi connectivity index (χ4n) is 1.97. The van der Waals surface area contributed by atoms with Crippen molar-refractivity contribution in [2.75, 3.05) is 17.8 Å². The number of hydrogen-bond donors (Lipinski definition) is 1. The van der Waals surface area contributed by atoms with Gasteiger partial charge in [-0.3, -0.25) is 0 Å². The molecule has 19 heavy (non-hydrogen) atoms. The summed E-state index contributed by atoms with van der Waals surface area (Å²) in [7, 11) is 0. The first-order valence-corrected chi connectivity index (χ1v) is 7.27. The van der Waals surface area contributed by atoms with Gasteiger partial charge in [-0.15, -0.1) is 11.6 Å². The summed E-state index contributed by atoms with van der Waals surface area (Å²) >= 11 is 5.51. The zero-order valence-corrected chi connectivity index (χ0v) is 12.6. The molecule has 0 bridgehead atoms. The minimum atomic E-state index is -0.374. The molecule has 1 aromatic rings. The number of carbonyl (C=O) groups excluding carboxylic acids is 1. The Kier molecular flexibility index (Phi) is 6.71. The van der Waals surface area contributed by atoms with Crippen LogP contribution in [0, 0.1) is 0 Å². The maximum atomic E-state index is 11.8. The van der Waals surface area contributed by atoms with Crippen LogP contribution in [-0.4, -0.2) is 24.5 Å². The smallest absolute Gasteiger partial charge is 0.328 e. The van der Waals surface area contributed by atoms with E-state index in [-0.39, 0.29) is 18.6 Å². The SMILES string of the molecule is CCc1cccc(CC)c1N[C@@H](C)C(=O)OCCCl. The first-order valence-electron chi connectivity index (χ1n) is 6.73. The molecule has 0 saturated carbocycles. The number of halogens is 1. The molecule has 0 amide bonds. The predicted octanol–water partition coefficient (Wildman–Crippen LogP) is 3.39. The minimum absolute atomic E-state index is 0.252. The summed E-state index contributed by atoms with van der Waals surface area (Å²) in [5.74, 6) is 0.0538. The number of carbonyl (C=O) groups is 1. The Bertz CT molecular complexity index is 398. The van der Waals surface area contributed by atoms with E-state index in [1.165, 1.54) is 11.1 Å². The lowest BCUT2D eigenvalue weighted by atomic mass is 10.0. The van der Waals surface area contributed by atoms with Gasteiger partial charge < -0.3 is 10.1 Å². The second-order valence-electron chi connectivity index (χ2n) is 4.38. The molecule has 1 rings (SSSR count). The molecule has 4 heteroatoms. The number of hydrogen-bond acceptors (Lipinski definition) is 3. The summed E-state index contributed by atoms with van der Waals surface area (Å²) in [5.41, 5.74) is 3.50. The van der Waals surface area contributed by atoms with Gasteiger partial charge in [-0.2, -0.15) is 0 Å². The molecule has 0 spiro atoms. The van der Waals surface area contributed by atoms with Crippen molar-refractivity contribution in [3.8, 4) is 0 Å². The maximum Gasteiger partial charge on any atom is 0.328 e. The lowest BCUT2D eigenvalue weighted by Gasteiger charge is -2.19. The number of benzene rings is 1. The second-order valence-corrected chi connectivity index (χ2v) is 4.76. The number of aryl methyl sites for hydroxylation is 2. The number of anilines is 1. The van der Waals surface area contributed by atoms with Crippen LogP contribution in [0.15, 0.2) is 18.2 Å². The predicted molar refractivity (Wildman–Crippen MR) is 80.0 cm³/mol. The highest BCUT2D eigenvalue weighted by molar-refractivity contribution is 6.18. The van der Waals surface area contributed by atoms with Crippen LogP contribution in [0.5, 0.6) is 0 Å². The van der Waals surface area contributed by atoms with Crippen molar-refractivity contribution in [1.82, 2.24) is 0 Å². The van der Waals surface area contributed by atoms with Gasteiger partial charge in [0.15, 0.2) is 0 Å². The van der Waals surface area contributed by atoms with Gasteiger partial charge >= 0.3 is 5.97 Å². The van der Waals surface area contributed by atoms with Gasteiger partial charge in [-0.05, 0) is 30.9 Å². The third kappa shape index (κ3) is 4.43. The van der Waals surface area contributed by atoms with E-state index in [4.69, 9.17) is 16.3 Å². The number of ether oxygens (including phenoxy) is 1. The van der Waals surface area contributed by atoms with Crippen molar-refractivity contribution < 1.29 is 9.53 Å². The third-order valence-corrected chi connectivity index (χ3v) is 3.19. The molecule has 0 radical (unpaired) electrons. The molecule has 1 atom stereocenters. The molecule has 1 aromatic carbocycles. The van der Waals surface area contributed by atoms with Crippen LogP contribution in [0.25, 0.3) is 0 Å². The number of nitrogens with one attached hydrogen (secondary N) is 1. The summed E-state index contributed by atoms with van der Waals surface area (Å²) in [5, 5.41) is 3.27. The molecule has 0 aliphatic carbocycles. The fourth-order valence-corrected chi connectivity index (χ4v) is 2.04. The molecule has 1 N–H and O–H groups in total. The molecule has 0 saturated heterocycles. The van der Waals surface area contributed by atoms with E-state index in [9.17, 15) is 4.79 Å². The Hall–Kier alpha value is -1.22. The van der Waals surface area contributed by atoms with Crippen LogP contribution in [-0.2, 0) is 22.4 Å². The quantitative estimate of drug-likeness (QED) is 0.616. The lowest BCUT2D eigenvalue weighted by molar-refractivity contribution is -0.143. The van der Waals surface area contributed by atoms with Gasteiger partial charge in [-0.1, -0.05) is 32.0 Å². The van der Waals surface area contributed by atoms with E-state index in [2.05, 4.69) is 37.4 Å². The first-order chi connectivity index (χ1) is 9.13. The molecule has 0 heterocycles. The van der Waals surface area contributed by atoms with Crippen LogP contribution >= 0.6 is 11.6 Å². The molecular formula is C15H22ClNO2. The maximum absolute atomic E-state index is 11.8. The van der Waals surface area contributed by atoms with Crippen LogP contribution in [0.3, 0.4) is 0 Å². The Balaban J connectivity index is 2.82. The number of alkyl halides is 1. The van der Waals surface area contributed by atoms with Crippen molar-refractivity contribution in [3.05, 3.63) is 29.3 Å². The number of esters is 1. The van der Waals surface area contributed by atoms with E-state index >= 15 is 0 Å². The summed E-state index contributed by atoms with van der Waals surface area (Å²) in [6.07, 6.45) is 1.86. The number of rotatable bonds is 7. The van der Waals surface area contributed by atoms with Crippen LogP contribution in [0.4, 0.5) is 5.69 Å². The molecule has 3 nitrogen and oxygen atoms in total. The van der Waals surface area contributed by atoms with Gasteiger partial charge in [0.05, 0.1) is 5.88 Å². The molecule has 0 aliphatic rings. The average molecular weight is 284 g/mol. The first kappa shape index (κ1) is 15.8. The summed E-state index contributed by atoms with van der Waals surface area (Å²) in [6, 6.07) is 5.84. The lowest BCUT2D eigenvalue weighted by Crippen LogP contribution is -2.29. The van der Waals surface area contributed by atoms with Crippen LogP contribution in [0.2, 0.25) is 0 Å². The summed E-state index contributed by atoms with van der Waals surface area (Å²) in [4.78, 5) is 11.8. The second kappa shape index (κ2) is 8.05. The Morgan fingerprint density at radius 2 is 1.89 bits per heavy atom. The topological polar surface area (TPSA) is 38.3 Å². The monoisotopic (exact) mass is 283 g/mol. The normalized spacial score (nSPS) is 12.0. The van der Waals surface area contributed by atoms with E-state index in [1.807, 2.05) is 6.92 Å². The Morgan fingerprint density at radius 1 is 1.32 bits per heavy atom. The molecule has 0 unspecified atom stereocenters. The fraction of sp³-hybridized carbons (Fsp3) is 0.533. The summed E-state index contributed by atoms with van der Waals surface area (Å²) < 4.78 is 5.04. The van der Waals surface area contributed by atoms with Gasteiger partial charge in [-0.25, -0.2) is 4.79 Å². The highest BCUT2D eigenvalue weighted by Gasteiger charge is 2.16. The average Bonchev–Trinajstić information content (AvgIpc) is 2.44. The molecule has 106 valence electrons.